The Morgan fingerprint density at radius 1 is 1.20 bits per heavy atom. The molecule has 0 bridgehead atoms. The number of hydrogen-bond donors (Lipinski definition) is 2. The van der Waals surface area contributed by atoms with Gasteiger partial charge in [0.25, 0.3) is 5.91 Å². The minimum absolute atomic E-state index is 0.311. The number of rotatable bonds is 5. The number of carbonyl (C=O) groups is 1. The lowest BCUT2D eigenvalue weighted by atomic mass is 10.2. The third-order valence-electron chi connectivity index (χ3n) is 3.31. The number of aryl methyl sites for hydroxylation is 1. The number of pyridine rings is 1. The standard InChI is InChI=1S/C17H15ClN4O3/c1-10-5-16(22-25-10)20-13-6-11(8-19-9-13)17(23)21-12-3-4-15(24-2)14(18)7-12/h3-9H,1-2H3,(H,20,22)(H,21,23). The van der Waals surface area contributed by atoms with E-state index in [2.05, 4.69) is 20.8 Å². The van der Waals surface area contributed by atoms with Crippen molar-refractivity contribution < 1.29 is 14.1 Å². The third kappa shape index (κ3) is 4.07. The van der Waals surface area contributed by atoms with Crippen molar-refractivity contribution >= 4 is 34.7 Å². The molecule has 0 atom stereocenters. The second-order valence-electron chi connectivity index (χ2n) is 5.21. The van der Waals surface area contributed by atoms with Crippen LogP contribution in [0.5, 0.6) is 5.75 Å². The summed E-state index contributed by atoms with van der Waals surface area (Å²) in [4.78, 5) is 16.5. The molecule has 0 saturated heterocycles. The van der Waals surface area contributed by atoms with Crippen LogP contribution in [-0.4, -0.2) is 23.2 Å². The molecule has 2 N–H and O–H groups in total. The normalized spacial score (nSPS) is 10.4. The molecule has 0 radical (unpaired) electrons. The minimum Gasteiger partial charge on any atom is -0.495 e. The average Bonchev–Trinajstić information content (AvgIpc) is 3.00. The molecule has 0 unspecified atom stereocenters. The molecule has 0 fully saturated rings. The van der Waals surface area contributed by atoms with Gasteiger partial charge in [-0.1, -0.05) is 16.8 Å². The number of hydrogen-bond acceptors (Lipinski definition) is 6. The first-order valence-corrected chi connectivity index (χ1v) is 7.73. The number of aromatic nitrogens is 2. The van der Waals surface area contributed by atoms with Gasteiger partial charge in [-0.15, -0.1) is 0 Å². The summed E-state index contributed by atoms with van der Waals surface area (Å²) in [6, 6.07) is 8.41. The van der Waals surface area contributed by atoms with Crippen molar-refractivity contribution in [3.63, 3.8) is 0 Å². The lowest BCUT2D eigenvalue weighted by molar-refractivity contribution is 0.102. The molecule has 2 aromatic heterocycles. The van der Waals surface area contributed by atoms with E-state index in [0.717, 1.165) is 0 Å². The molecular formula is C17H15ClN4O3. The molecule has 3 rings (SSSR count). The summed E-state index contributed by atoms with van der Waals surface area (Å²) in [5.74, 6) is 1.45. The van der Waals surface area contributed by atoms with Gasteiger partial charge in [-0.25, -0.2) is 0 Å². The number of ether oxygens (including phenoxy) is 1. The van der Waals surface area contributed by atoms with Gasteiger partial charge in [-0.3, -0.25) is 9.78 Å². The fraction of sp³-hybridized carbons (Fsp3) is 0.118. The zero-order valence-corrected chi connectivity index (χ0v) is 14.3. The summed E-state index contributed by atoms with van der Waals surface area (Å²) in [6.45, 7) is 1.79. The Morgan fingerprint density at radius 3 is 2.72 bits per heavy atom. The minimum atomic E-state index is -0.311. The third-order valence-corrected chi connectivity index (χ3v) is 3.61. The van der Waals surface area contributed by atoms with Crippen molar-refractivity contribution in [2.45, 2.75) is 6.92 Å². The SMILES string of the molecule is COc1ccc(NC(=O)c2cncc(Nc3cc(C)on3)c2)cc1Cl. The number of nitrogens with one attached hydrogen (secondary N) is 2. The Hall–Kier alpha value is -3.06. The molecule has 7 nitrogen and oxygen atoms in total. The van der Waals surface area contributed by atoms with Crippen LogP contribution in [0.15, 0.2) is 47.2 Å². The van der Waals surface area contributed by atoms with E-state index in [1.807, 2.05) is 0 Å². The summed E-state index contributed by atoms with van der Waals surface area (Å²) < 4.78 is 10.1. The van der Waals surface area contributed by atoms with Gasteiger partial charge in [0.1, 0.15) is 11.5 Å². The lowest BCUT2D eigenvalue weighted by Crippen LogP contribution is -2.12. The molecule has 0 saturated carbocycles. The van der Waals surface area contributed by atoms with E-state index >= 15 is 0 Å². The predicted octanol–water partition coefficient (Wildman–Crippen LogP) is 4.04. The van der Waals surface area contributed by atoms with Gasteiger partial charge < -0.3 is 19.9 Å². The summed E-state index contributed by atoms with van der Waals surface area (Å²) in [5, 5.41) is 10.0. The van der Waals surface area contributed by atoms with Crippen LogP contribution >= 0.6 is 11.6 Å². The number of methoxy groups -OCH3 is 1. The maximum atomic E-state index is 12.4. The van der Waals surface area contributed by atoms with Crippen molar-refractivity contribution in [3.05, 3.63) is 59.1 Å². The highest BCUT2D eigenvalue weighted by atomic mass is 35.5. The molecule has 0 spiro atoms. The first-order valence-electron chi connectivity index (χ1n) is 7.35. The number of anilines is 3. The number of nitrogens with zero attached hydrogens (tertiary/aromatic N) is 2. The van der Waals surface area contributed by atoms with Crippen LogP contribution in [0.4, 0.5) is 17.2 Å². The monoisotopic (exact) mass is 358 g/mol. The smallest absolute Gasteiger partial charge is 0.257 e. The van der Waals surface area contributed by atoms with E-state index < -0.39 is 0 Å². The van der Waals surface area contributed by atoms with Gasteiger partial charge in [0.05, 0.1) is 29.6 Å². The highest BCUT2D eigenvalue weighted by Crippen LogP contribution is 2.27. The first-order chi connectivity index (χ1) is 12.0. The second-order valence-corrected chi connectivity index (χ2v) is 5.62. The average molecular weight is 359 g/mol. The van der Waals surface area contributed by atoms with Gasteiger partial charge in [-0.05, 0) is 31.2 Å². The number of halogens is 1. The van der Waals surface area contributed by atoms with Crippen molar-refractivity contribution in [2.75, 3.05) is 17.7 Å². The zero-order chi connectivity index (χ0) is 17.8. The zero-order valence-electron chi connectivity index (χ0n) is 13.5. The lowest BCUT2D eigenvalue weighted by Gasteiger charge is -2.09. The summed E-state index contributed by atoms with van der Waals surface area (Å²) in [5.41, 5.74) is 1.56. The highest BCUT2D eigenvalue weighted by Gasteiger charge is 2.10. The van der Waals surface area contributed by atoms with Crippen LogP contribution in [0.3, 0.4) is 0 Å². The van der Waals surface area contributed by atoms with E-state index in [9.17, 15) is 4.79 Å². The summed E-state index contributed by atoms with van der Waals surface area (Å²) >= 11 is 6.06. The van der Waals surface area contributed by atoms with E-state index in [4.69, 9.17) is 20.9 Å². The molecule has 128 valence electrons. The number of carbonyl (C=O) groups excluding carboxylic acids is 1. The van der Waals surface area contributed by atoms with E-state index in [1.54, 1.807) is 43.5 Å². The van der Waals surface area contributed by atoms with Crippen LogP contribution < -0.4 is 15.4 Å². The highest BCUT2D eigenvalue weighted by molar-refractivity contribution is 6.32. The Balaban J connectivity index is 1.73. The van der Waals surface area contributed by atoms with Gasteiger partial charge >= 0.3 is 0 Å². The fourth-order valence-corrected chi connectivity index (χ4v) is 2.41. The first kappa shape index (κ1) is 16.8. The predicted molar refractivity (Wildman–Crippen MR) is 94.7 cm³/mol. The Kier molecular flexibility index (Phi) is 4.85. The largest absolute Gasteiger partial charge is 0.495 e. The molecule has 8 heteroatoms. The molecule has 2 heterocycles. The van der Waals surface area contributed by atoms with E-state index in [0.29, 0.717) is 39.3 Å². The van der Waals surface area contributed by atoms with E-state index in [-0.39, 0.29) is 5.91 Å². The quantitative estimate of drug-likeness (QED) is 0.715. The maximum absolute atomic E-state index is 12.4. The Bertz CT molecular complexity index is 910. The molecule has 0 aliphatic carbocycles. The second kappa shape index (κ2) is 7.23. The van der Waals surface area contributed by atoms with Crippen LogP contribution in [-0.2, 0) is 0 Å². The molecule has 1 aromatic carbocycles. The van der Waals surface area contributed by atoms with Gasteiger partial charge in [0.15, 0.2) is 5.82 Å². The van der Waals surface area contributed by atoms with Gasteiger partial charge in [0, 0.05) is 18.0 Å². The summed E-state index contributed by atoms with van der Waals surface area (Å²) in [7, 11) is 1.53. The van der Waals surface area contributed by atoms with Crippen molar-refractivity contribution in [1.82, 2.24) is 10.1 Å². The maximum Gasteiger partial charge on any atom is 0.257 e. The van der Waals surface area contributed by atoms with Crippen molar-refractivity contribution in [2.24, 2.45) is 0 Å². The molecule has 1 amide bonds. The van der Waals surface area contributed by atoms with Crippen LogP contribution in [0.25, 0.3) is 0 Å². The van der Waals surface area contributed by atoms with Crippen LogP contribution in [0.1, 0.15) is 16.1 Å². The van der Waals surface area contributed by atoms with E-state index in [1.165, 1.54) is 13.3 Å². The Labute approximate surface area is 149 Å². The Morgan fingerprint density at radius 2 is 2.04 bits per heavy atom. The number of amides is 1. The van der Waals surface area contributed by atoms with Gasteiger partial charge in [-0.2, -0.15) is 0 Å². The molecular weight excluding hydrogens is 344 g/mol. The van der Waals surface area contributed by atoms with Crippen molar-refractivity contribution in [1.29, 1.82) is 0 Å². The van der Waals surface area contributed by atoms with Crippen molar-refractivity contribution in [3.8, 4) is 5.75 Å². The van der Waals surface area contributed by atoms with Crippen LogP contribution in [0, 0.1) is 6.92 Å². The molecule has 0 aliphatic rings. The fourth-order valence-electron chi connectivity index (χ4n) is 2.15. The molecule has 0 aliphatic heterocycles. The number of benzene rings is 1. The summed E-state index contributed by atoms with van der Waals surface area (Å²) in [6.07, 6.45) is 3.06. The van der Waals surface area contributed by atoms with Crippen LogP contribution in [0.2, 0.25) is 5.02 Å². The molecule has 3 aromatic rings. The van der Waals surface area contributed by atoms with Gasteiger partial charge in [0.2, 0.25) is 0 Å². The molecule has 25 heavy (non-hydrogen) atoms. The topological polar surface area (TPSA) is 89.3 Å².